The average molecular weight is 412 g/mol. The molecule has 0 aliphatic rings. The lowest BCUT2D eigenvalue weighted by molar-refractivity contribution is -0.387. The first-order valence-electron chi connectivity index (χ1n) is 7.01. The second-order valence-electron chi connectivity index (χ2n) is 5.30. The number of carbonyl (C=O) groups excluding carboxylic acids is 1. The maximum atomic E-state index is 12.4. The summed E-state index contributed by atoms with van der Waals surface area (Å²) in [6.45, 7) is 0. The Balaban J connectivity index is 1.94. The first kappa shape index (κ1) is 18.2. The van der Waals surface area contributed by atoms with Crippen LogP contribution in [0.4, 0.5) is 10.8 Å². The molecule has 0 bridgehead atoms. The van der Waals surface area contributed by atoms with Gasteiger partial charge in [0.25, 0.3) is 11.6 Å². The number of sulfone groups is 1. The molecule has 8 nitrogen and oxygen atoms in total. The number of nitro groups is 1. The second-order valence-corrected chi connectivity index (χ2v) is 8.75. The molecule has 0 spiro atoms. The van der Waals surface area contributed by atoms with Crippen molar-refractivity contribution in [3.05, 3.63) is 57.1 Å². The Kier molecular flexibility index (Phi) is 4.65. The topological polar surface area (TPSA) is 119 Å². The largest absolute Gasteiger partial charge is 0.298 e. The number of fused-ring (bicyclic) bond motifs is 1. The van der Waals surface area contributed by atoms with Gasteiger partial charge in [0, 0.05) is 22.9 Å². The fourth-order valence-electron chi connectivity index (χ4n) is 2.24. The molecule has 3 aromatic rings. The first-order chi connectivity index (χ1) is 12.1. The zero-order valence-corrected chi connectivity index (χ0v) is 15.5. The van der Waals surface area contributed by atoms with Crippen molar-refractivity contribution in [2.24, 2.45) is 0 Å². The molecular weight excluding hydrogens is 402 g/mol. The van der Waals surface area contributed by atoms with Crippen LogP contribution in [0.2, 0.25) is 5.02 Å². The molecule has 0 atom stereocenters. The molecule has 11 heteroatoms. The van der Waals surface area contributed by atoms with Crippen molar-refractivity contribution < 1.29 is 18.1 Å². The molecule has 0 aliphatic heterocycles. The van der Waals surface area contributed by atoms with Gasteiger partial charge in [-0.3, -0.25) is 20.2 Å². The van der Waals surface area contributed by atoms with Gasteiger partial charge in [-0.2, -0.15) is 0 Å². The molecule has 1 aromatic heterocycles. The van der Waals surface area contributed by atoms with Crippen molar-refractivity contribution in [1.29, 1.82) is 0 Å². The minimum Gasteiger partial charge on any atom is -0.298 e. The Morgan fingerprint density at radius 3 is 2.65 bits per heavy atom. The Labute approximate surface area is 156 Å². The first-order valence-corrected chi connectivity index (χ1v) is 10.1. The molecule has 134 valence electrons. The van der Waals surface area contributed by atoms with Gasteiger partial charge in [0.1, 0.15) is 4.90 Å². The number of thiazole rings is 1. The quantitative estimate of drug-likeness (QED) is 0.518. The van der Waals surface area contributed by atoms with Gasteiger partial charge in [-0.25, -0.2) is 13.4 Å². The fraction of sp³-hybridized carbons (Fsp3) is 0.0667. The summed E-state index contributed by atoms with van der Waals surface area (Å²) in [7, 11) is -3.80. The molecule has 0 saturated heterocycles. The van der Waals surface area contributed by atoms with E-state index in [4.69, 9.17) is 11.6 Å². The van der Waals surface area contributed by atoms with E-state index in [-0.39, 0.29) is 5.56 Å². The highest BCUT2D eigenvalue weighted by molar-refractivity contribution is 7.90. The molecule has 0 unspecified atom stereocenters. The molecule has 26 heavy (non-hydrogen) atoms. The summed E-state index contributed by atoms with van der Waals surface area (Å²) in [5.74, 6) is -0.640. The van der Waals surface area contributed by atoms with Crippen LogP contribution in [0.5, 0.6) is 0 Å². The lowest BCUT2D eigenvalue weighted by Gasteiger charge is -2.04. The van der Waals surface area contributed by atoms with Gasteiger partial charge in [-0.05, 0) is 30.3 Å². The molecule has 0 aliphatic carbocycles. The summed E-state index contributed by atoms with van der Waals surface area (Å²) in [5.41, 5.74) is -0.0641. The standard InChI is InChI=1S/C15H10ClN3O5S2/c1-26(23,24)13-5-2-8(6-11(13)19(21)22)14(20)18-15-17-10-4-3-9(16)7-12(10)25-15/h2-7H,1H3,(H,17,18,20). The number of aromatic nitrogens is 1. The van der Waals surface area contributed by atoms with E-state index in [0.717, 1.165) is 23.1 Å². The normalized spacial score (nSPS) is 11.5. The number of anilines is 1. The van der Waals surface area contributed by atoms with Gasteiger partial charge in [-0.15, -0.1) is 0 Å². The van der Waals surface area contributed by atoms with Crippen LogP contribution in [-0.2, 0) is 9.84 Å². The number of benzene rings is 2. The van der Waals surface area contributed by atoms with Crippen molar-refractivity contribution in [3.63, 3.8) is 0 Å². The van der Waals surface area contributed by atoms with Crippen molar-refractivity contribution in [1.82, 2.24) is 4.98 Å². The number of hydrogen-bond acceptors (Lipinski definition) is 7. The number of halogens is 1. The van der Waals surface area contributed by atoms with E-state index < -0.39 is 31.3 Å². The number of nitrogens with one attached hydrogen (secondary N) is 1. The van der Waals surface area contributed by atoms with Gasteiger partial charge >= 0.3 is 0 Å². The van der Waals surface area contributed by atoms with Crippen LogP contribution in [0.1, 0.15) is 10.4 Å². The molecule has 2 aromatic carbocycles. The van der Waals surface area contributed by atoms with E-state index in [9.17, 15) is 23.3 Å². The summed E-state index contributed by atoms with van der Waals surface area (Å²) in [6, 6.07) is 8.26. The highest BCUT2D eigenvalue weighted by Gasteiger charge is 2.24. The summed E-state index contributed by atoms with van der Waals surface area (Å²) in [5, 5.41) is 14.5. The Bertz CT molecular complexity index is 1160. The van der Waals surface area contributed by atoms with E-state index >= 15 is 0 Å². The van der Waals surface area contributed by atoms with Gasteiger partial charge in [0.15, 0.2) is 15.0 Å². The van der Waals surface area contributed by atoms with Crippen LogP contribution in [-0.4, -0.2) is 30.5 Å². The van der Waals surface area contributed by atoms with Gasteiger partial charge in [0.2, 0.25) is 0 Å². The minimum atomic E-state index is -3.80. The maximum absolute atomic E-state index is 12.4. The predicted octanol–water partition coefficient (Wildman–Crippen LogP) is 3.51. The summed E-state index contributed by atoms with van der Waals surface area (Å²) in [6.07, 6.45) is 0.862. The van der Waals surface area contributed by atoms with Crippen LogP contribution in [0.3, 0.4) is 0 Å². The third kappa shape index (κ3) is 3.66. The second kappa shape index (κ2) is 6.63. The average Bonchev–Trinajstić information content (AvgIpc) is 2.94. The van der Waals surface area contributed by atoms with Crippen LogP contribution in [0, 0.1) is 10.1 Å². The van der Waals surface area contributed by atoms with Crippen LogP contribution < -0.4 is 5.32 Å². The lowest BCUT2D eigenvalue weighted by Crippen LogP contribution is -2.13. The highest BCUT2D eigenvalue weighted by atomic mass is 35.5. The molecule has 1 heterocycles. The van der Waals surface area contributed by atoms with E-state index in [0.29, 0.717) is 15.7 Å². The zero-order valence-electron chi connectivity index (χ0n) is 13.1. The maximum Gasteiger partial charge on any atom is 0.288 e. The number of hydrogen-bond donors (Lipinski definition) is 1. The van der Waals surface area contributed by atoms with E-state index in [1.165, 1.54) is 17.4 Å². The minimum absolute atomic E-state index is 0.0543. The van der Waals surface area contributed by atoms with E-state index in [2.05, 4.69) is 10.3 Å². The van der Waals surface area contributed by atoms with Crippen LogP contribution >= 0.6 is 22.9 Å². The third-order valence-electron chi connectivity index (χ3n) is 3.39. The summed E-state index contributed by atoms with van der Waals surface area (Å²) in [4.78, 5) is 26.4. The molecule has 3 rings (SSSR count). The van der Waals surface area contributed by atoms with Crippen LogP contribution in [0.25, 0.3) is 10.2 Å². The Hall–Kier alpha value is -2.56. The SMILES string of the molecule is CS(=O)(=O)c1ccc(C(=O)Nc2nc3ccc(Cl)cc3s2)cc1[N+](=O)[O-]. The smallest absolute Gasteiger partial charge is 0.288 e. The molecule has 0 saturated carbocycles. The Morgan fingerprint density at radius 2 is 2.00 bits per heavy atom. The number of nitro benzene ring substituents is 1. The number of carbonyl (C=O) groups is 1. The lowest BCUT2D eigenvalue weighted by atomic mass is 10.2. The number of amides is 1. The molecular formula is C15H10ClN3O5S2. The number of nitrogens with zero attached hydrogens (tertiary/aromatic N) is 2. The molecule has 1 N–H and O–H groups in total. The summed E-state index contributed by atoms with van der Waals surface area (Å²) < 4.78 is 24.0. The summed E-state index contributed by atoms with van der Waals surface area (Å²) >= 11 is 7.10. The predicted molar refractivity (Wildman–Crippen MR) is 98.8 cm³/mol. The number of rotatable bonds is 4. The van der Waals surface area contributed by atoms with Crippen molar-refractivity contribution in [3.8, 4) is 0 Å². The van der Waals surface area contributed by atoms with E-state index in [1.807, 2.05) is 0 Å². The van der Waals surface area contributed by atoms with Crippen molar-refractivity contribution >= 4 is 59.7 Å². The fourth-order valence-corrected chi connectivity index (χ4v) is 4.20. The van der Waals surface area contributed by atoms with E-state index in [1.54, 1.807) is 18.2 Å². The van der Waals surface area contributed by atoms with Crippen molar-refractivity contribution in [2.75, 3.05) is 11.6 Å². The highest BCUT2D eigenvalue weighted by Crippen LogP contribution is 2.29. The molecule has 0 fully saturated rings. The van der Waals surface area contributed by atoms with Crippen LogP contribution in [0.15, 0.2) is 41.3 Å². The van der Waals surface area contributed by atoms with Gasteiger partial charge < -0.3 is 0 Å². The Morgan fingerprint density at radius 1 is 1.27 bits per heavy atom. The van der Waals surface area contributed by atoms with Crippen molar-refractivity contribution in [2.45, 2.75) is 4.90 Å². The zero-order chi connectivity index (χ0) is 19.1. The molecule has 0 radical (unpaired) electrons. The van der Waals surface area contributed by atoms with Gasteiger partial charge in [0.05, 0.1) is 15.1 Å². The monoisotopic (exact) mass is 411 g/mol. The van der Waals surface area contributed by atoms with Gasteiger partial charge in [-0.1, -0.05) is 22.9 Å². The third-order valence-corrected chi connectivity index (χ3v) is 5.70. The molecule has 1 amide bonds.